The van der Waals surface area contributed by atoms with E-state index in [1.54, 1.807) is 22.7 Å². The van der Waals surface area contributed by atoms with Crippen LogP contribution in [-0.4, -0.2) is 32.8 Å². The third-order valence-electron chi connectivity index (χ3n) is 5.12. The number of carbonyl (C=O) groups is 1. The summed E-state index contributed by atoms with van der Waals surface area (Å²) in [7, 11) is 0. The minimum absolute atomic E-state index is 0. The summed E-state index contributed by atoms with van der Waals surface area (Å²) in [6.45, 7) is 5.47. The lowest BCUT2D eigenvalue weighted by Gasteiger charge is -1.94. The van der Waals surface area contributed by atoms with Crippen LogP contribution in [0, 0.1) is 0 Å². The fourth-order valence-corrected chi connectivity index (χ4v) is 4.93. The van der Waals surface area contributed by atoms with Crippen LogP contribution in [0.1, 0.15) is 28.2 Å². The average Bonchev–Trinajstić information content (AvgIpc) is 3.81. The number of benzene rings is 2. The summed E-state index contributed by atoms with van der Waals surface area (Å²) in [5.74, 6) is 0.167. The first-order valence-corrected chi connectivity index (χ1v) is 15.5. The van der Waals surface area contributed by atoms with Crippen LogP contribution in [0.2, 0.25) is 10.0 Å². The molecule has 4 aromatic heterocycles. The van der Waals surface area contributed by atoms with Gasteiger partial charge in [0.25, 0.3) is 0 Å². The molecule has 0 saturated heterocycles. The van der Waals surface area contributed by atoms with Gasteiger partial charge in [-0.2, -0.15) is 10.2 Å². The van der Waals surface area contributed by atoms with Gasteiger partial charge in [0.15, 0.2) is 0 Å². The zero-order chi connectivity index (χ0) is 30.3. The molecule has 0 saturated carbocycles. The molecule has 0 aliphatic carbocycles. The van der Waals surface area contributed by atoms with Crippen LogP contribution >= 0.6 is 57.7 Å². The summed E-state index contributed by atoms with van der Waals surface area (Å²) in [5, 5.41) is 20.3. The highest BCUT2D eigenvalue weighted by Crippen LogP contribution is 2.28. The van der Waals surface area contributed by atoms with Crippen LogP contribution in [-0.2, 0) is 9.08 Å². The molecular formula is C32H33Cl3N4O2S2. The summed E-state index contributed by atoms with van der Waals surface area (Å²) < 4.78 is 4.01. The number of nitrogens with one attached hydrogen (secondary N) is 2. The van der Waals surface area contributed by atoms with E-state index in [1.807, 2.05) is 67.6 Å². The van der Waals surface area contributed by atoms with Gasteiger partial charge in [-0.25, -0.2) is 0 Å². The number of hydrogen-bond acceptors (Lipinski definition) is 6. The first-order valence-electron chi connectivity index (χ1n) is 12.7. The number of carbonyl (C=O) groups excluding carboxylic acids is 1. The lowest BCUT2D eigenvalue weighted by molar-refractivity contribution is -0.114. The Morgan fingerprint density at radius 1 is 0.744 bits per heavy atom. The van der Waals surface area contributed by atoms with Gasteiger partial charge < -0.3 is 4.79 Å². The van der Waals surface area contributed by atoms with Crippen molar-refractivity contribution in [3.63, 3.8) is 0 Å². The van der Waals surface area contributed by atoms with Gasteiger partial charge in [-0.15, -0.1) is 22.7 Å². The van der Waals surface area contributed by atoms with Crippen molar-refractivity contribution < 1.29 is 9.08 Å². The Labute approximate surface area is 275 Å². The Balaban J connectivity index is 0.000000237. The second kappa shape index (κ2) is 19.1. The van der Waals surface area contributed by atoms with Crippen LogP contribution < -0.4 is 0 Å². The number of H-pyrrole nitrogens is 2. The van der Waals surface area contributed by atoms with Crippen molar-refractivity contribution in [1.29, 1.82) is 0 Å². The predicted molar refractivity (Wildman–Crippen MR) is 185 cm³/mol. The summed E-state index contributed by atoms with van der Waals surface area (Å²) >= 11 is 19.8. The lowest BCUT2D eigenvalue weighted by atomic mass is 10.1. The Kier molecular flexibility index (Phi) is 16.0. The Bertz CT molecular complexity index is 1480. The van der Waals surface area contributed by atoms with Gasteiger partial charge >= 0.3 is 0 Å². The van der Waals surface area contributed by atoms with E-state index in [2.05, 4.69) is 71.6 Å². The largest absolute Gasteiger partial charge is 0.300 e. The lowest BCUT2D eigenvalue weighted by Crippen LogP contribution is -1.76. The minimum atomic E-state index is 0. The van der Waals surface area contributed by atoms with E-state index in [4.69, 9.17) is 23.2 Å². The van der Waals surface area contributed by atoms with Gasteiger partial charge in [-0.3, -0.25) is 14.5 Å². The van der Waals surface area contributed by atoms with E-state index in [1.165, 1.54) is 23.6 Å². The second-order valence-electron chi connectivity index (χ2n) is 8.61. The quantitative estimate of drug-likeness (QED) is 0.190. The van der Waals surface area contributed by atoms with Crippen molar-refractivity contribution in [3.05, 3.63) is 106 Å². The predicted octanol–water partition coefficient (Wildman–Crippen LogP) is 11.3. The van der Waals surface area contributed by atoms with Crippen LogP contribution in [0.5, 0.6) is 0 Å². The fraction of sp³-hybridized carbons (Fsp3) is 0.156. The van der Waals surface area contributed by atoms with E-state index >= 15 is 0 Å². The molecule has 0 amide bonds. The minimum Gasteiger partial charge on any atom is -0.300 e. The molecule has 0 radical (unpaired) electrons. The summed E-state index contributed by atoms with van der Waals surface area (Å²) in [6.07, 6.45) is 0. The highest BCUT2D eigenvalue weighted by Gasteiger charge is 2.07. The number of nitrogens with zero attached hydrogens (tertiary/aromatic N) is 2. The van der Waals surface area contributed by atoms with Gasteiger partial charge in [0, 0.05) is 21.2 Å². The SMILES string of the molecule is C.CC(C)=O.CCOCl.Clc1ccc(-c2cc(-c3cccs3)[nH]n2)cc1.Clc1ccc(-c2cc(-c3cccs3)[nH]n2)cc1. The van der Waals surface area contributed by atoms with Gasteiger partial charge in [-0.1, -0.05) is 67.0 Å². The van der Waals surface area contributed by atoms with Gasteiger partial charge in [0.2, 0.25) is 0 Å². The van der Waals surface area contributed by atoms with E-state index in [0.29, 0.717) is 6.61 Å². The maximum absolute atomic E-state index is 9.44. The zero-order valence-corrected chi connectivity index (χ0v) is 27.0. The molecule has 0 spiro atoms. The van der Waals surface area contributed by atoms with Gasteiger partial charge in [0.05, 0.1) is 51.0 Å². The van der Waals surface area contributed by atoms with E-state index in [-0.39, 0.29) is 13.2 Å². The number of rotatable bonds is 5. The zero-order valence-electron chi connectivity index (χ0n) is 23.1. The number of ketones is 1. The first kappa shape index (κ1) is 36.0. The van der Waals surface area contributed by atoms with Gasteiger partial charge in [0.1, 0.15) is 5.78 Å². The molecule has 6 nitrogen and oxygen atoms in total. The number of hydrogen-bond donors (Lipinski definition) is 2. The number of halogens is 3. The smallest absolute Gasteiger partial charge is 0.126 e. The second-order valence-corrected chi connectivity index (χ2v) is 11.6. The highest BCUT2D eigenvalue weighted by atomic mass is 35.5. The Morgan fingerprint density at radius 2 is 1.09 bits per heavy atom. The molecule has 0 atom stereocenters. The summed E-state index contributed by atoms with van der Waals surface area (Å²) in [4.78, 5) is 11.8. The molecule has 226 valence electrons. The summed E-state index contributed by atoms with van der Waals surface area (Å²) in [5.41, 5.74) is 6.09. The first-order chi connectivity index (χ1) is 20.3. The molecule has 0 unspecified atom stereocenters. The monoisotopic (exact) mass is 674 g/mol. The number of aromatic nitrogens is 4. The standard InChI is InChI=1S/2C13H9ClN2S.C3H6O.C2H5ClO.CH4/c2*14-10-5-3-9(4-6-10)11-8-12(16-15-11)13-2-1-7-17-13;1-3(2)4;1-2-4-3;/h2*1-8H,(H,15,16);1-2H3;2H2,1H3;1H4. The normalized spacial score (nSPS) is 9.72. The molecule has 6 aromatic rings. The number of Topliss-reactive ketones (excluding diaryl/α,β-unsaturated/α-hetero) is 1. The van der Waals surface area contributed by atoms with Crippen molar-refractivity contribution in [2.75, 3.05) is 6.61 Å². The van der Waals surface area contributed by atoms with Crippen LogP contribution in [0.15, 0.2) is 95.7 Å². The van der Waals surface area contributed by atoms with E-state index in [0.717, 1.165) is 43.9 Å². The van der Waals surface area contributed by atoms with E-state index < -0.39 is 0 Å². The maximum atomic E-state index is 9.44. The Hall–Kier alpha value is -3.24. The molecule has 0 aliphatic rings. The summed E-state index contributed by atoms with van der Waals surface area (Å²) in [6, 6.07) is 27.7. The number of aromatic amines is 2. The fourth-order valence-electron chi connectivity index (χ4n) is 3.30. The molecule has 2 aromatic carbocycles. The number of thiophene rings is 2. The van der Waals surface area contributed by atoms with Crippen molar-refractivity contribution >= 4 is 63.5 Å². The van der Waals surface area contributed by atoms with Crippen molar-refractivity contribution in [2.45, 2.75) is 28.2 Å². The maximum Gasteiger partial charge on any atom is 0.126 e. The van der Waals surface area contributed by atoms with Crippen LogP contribution in [0.3, 0.4) is 0 Å². The average molecular weight is 676 g/mol. The molecule has 2 N–H and O–H groups in total. The molecule has 0 fully saturated rings. The molecule has 6 rings (SSSR count). The van der Waals surface area contributed by atoms with Crippen LogP contribution in [0.25, 0.3) is 43.7 Å². The molecule has 43 heavy (non-hydrogen) atoms. The third-order valence-corrected chi connectivity index (χ3v) is 7.65. The van der Waals surface area contributed by atoms with Crippen molar-refractivity contribution in [2.24, 2.45) is 0 Å². The highest BCUT2D eigenvalue weighted by molar-refractivity contribution is 7.13. The Morgan fingerprint density at radius 3 is 1.37 bits per heavy atom. The van der Waals surface area contributed by atoms with Crippen LogP contribution in [0.4, 0.5) is 0 Å². The van der Waals surface area contributed by atoms with E-state index in [9.17, 15) is 4.79 Å². The molecule has 4 heterocycles. The third kappa shape index (κ3) is 12.1. The topological polar surface area (TPSA) is 83.7 Å². The van der Waals surface area contributed by atoms with Gasteiger partial charge in [-0.05, 0) is 80.1 Å². The van der Waals surface area contributed by atoms with Crippen molar-refractivity contribution in [1.82, 2.24) is 20.4 Å². The molecule has 0 aliphatic heterocycles. The molecule has 0 bridgehead atoms. The van der Waals surface area contributed by atoms with Crippen molar-refractivity contribution in [3.8, 4) is 43.7 Å². The molecular weight excluding hydrogens is 643 g/mol. The molecule has 11 heteroatoms.